The van der Waals surface area contributed by atoms with Gasteiger partial charge in [0.2, 0.25) is 0 Å². The second kappa shape index (κ2) is 11.7. The van der Waals surface area contributed by atoms with E-state index in [0.29, 0.717) is 0 Å². The van der Waals surface area contributed by atoms with Gasteiger partial charge < -0.3 is 13.7 Å². The molecule has 0 aliphatic carbocycles. The predicted octanol–water partition coefficient (Wildman–Crippen LogP) is 14.6. The van der Waals surface area contributed by atoms with E-state index in [2.05, 4.69) is 175 Å². The van der Waals surface area contributed by atoms with Gasteiger partial charge in [0.05, 0.1) is 5.69 Å². The molecule has 11 rings (SSSR count). The topological polar surface area (TPSA) is 29.5 Å². The van der Waals surface area contributed by atoms with E-state index in [-0.39, 0.29) is 0 Å². The molecule has 9 aromatic carbocycles. The maximum Gasteiger partial charge on any atom is 0.143 e. The van der Waals surface area contributed by atoms with Gasteiger partial charge in [-0.15, -0.1) is 0 Å². The summed E-state index contributed by atoms with van der Waals surface area (Å²) < 4.78 is 12.7. The van der Waals surface area contributed by atoms with Crippen molar-refractivity contribution >= 4 is 82.5 Å². The highest BCUT2D eigenvalue weighted by molar-refractivity contribution is 6.15. The van der Waals surface area contributed by atoms with Gasteiger partial charge >= 0.3 is 0 Å². The molecule has 2 heterocycles. The zero-order valence-corrected chi connectivity index (χ0v) is 28.7. The molecule has 3 heteroatoms. The fourth-order valence-electron chi connectivity index (χ4n) is 8.13. The van der Waals surface area contributed by atoms with Gasteiger partial charge in [0.15, 0.2) is 0 Å². The molecule has 11 aromatic rings. The Bertz CT molecular complexity index is 3170. The van der Waals surface area contributed by atoms with Crippen molar-refractivity contribution in [3.05, 3.63) is 188 Å². The summed E-state index contributed by atoms with van der Waals surface area (Å²) in [6.07, 6.45) is 0. The van der Waals surface area contributed by atoms with Crippen LogP contribution >= 0.6 is 0 Å². The molecular weight excluding hydrogens is 647 g/mol. The summed E-state index contributed by atoms with van der Waals surface area (Å²) in [6, 6.07) is 66.8. The molecule has 0 fully saturated rings. The van der Waals surface area contributed by atoms with Gasteiger partial charge in [-0.3, -0.25) is 0 Å². The molecule has 0 saturated carbocycles. The van der Waals surface area contributed by atoms with Gasteiger partial charge in [0.25, 0.3) is 0 Å². The summed E-state index contributed by atoms with van der Waals surface area (Å²) >= 11 is 0. The van der Waals surface area contributed by atoms with Crippen LogP contribution in [0.5, 0.6) is 0 Å². The summed E-state index contributed by atoms with van der Waals surface area (Å²) in [5, 5.41) is 9.32. The molecule has 248 valence electrons. The summed E-state index contributed by atoms with van der Waals surface area (Å²) in [5.41, 5.74) is 11.4. The standard InChI is InChI=1S/C50H31NO2/c1-2-11-33(12-3-1)39-18-10-19-43-44-29-34(23-27-49(44)53-50(39)43)32-21-24-36(25-22-32)51(37-26-28-48-45(31-37)42-17-8-9-20-47(42)52-48)46-30-35-13-4-5-14-38(35)40-15-6-7-16-41(40)46/h1-31H. The van der Waals surface area contributed by atoms with E-state index in [0.717, 1.165) is 83.2 Å². The Morgan fingerprint density at radius 1 is 0.321 bits per heavy atom. The normalized spacial score (nSPS) is 11.8. The smallest absolute Gasteiger partial charge is 0.143 e. The van der Waals surface area contributed by atoms with E-state index in [1.165, 1.54) is 21.5 Å². The number of hydrogen-bond donors (Lipinski definition) is 0. The van der Waals surface area contributed by atoms with Gasteiger partial charge in [-0.1, -0.05) is 133 Å². The number of para-hydroxylation sites is 2. The molecule has 0 saturated heterocycles. The Hall–Kier alpha value is -7.10. The highest BCUT2D eigenvalue weighted by atomic mass is 16.3. The number of anilines is 3. The monoisotopic (exact) mass is 677 g/mol. The number of nitrogens with zero attached hydrogens (tertiary/aromatic N) is 1. The quantitative estimate of drug-likeness (QED) is 0.170. The Morgan fingerprint density at radius 3 is 1.81 bits per heavy atom. The van der Waals surface area contributed by atoms with Crippen molar-refractivity contribution in [2.75, 3.05) is 4.90 Å². The SMILES string of the molecule is c1ccc(-c2cccc3c2oc2ccc(-c4ccc(N(c5ccc6oc7ccccc7c6c5)c5cc6ccccc6c6ccccc56)cc4)cc23)cc1. The lowest BCUT2D eigenvalue weighted by molar-refractivity contribution is 0.669. The van der Waals surface area contributed by atoms with Crippen LogP contribution in [0.3, 0.4) is 0 Å². The molecule has 0 radical (unpaired) electrons. The minimum Gasteiger partial charge on any atom is -0.456 e. The van der Waals surface area contributed by atoms with Gasteiger partial charge in [-0.05, 0) is 87.4 Å². The second-order valence-electron chi connectivity index (χ2n) is 13.7. The van der Waals surface area contributed by atoms with Crippen molar-refractivity contribution in [2.45, 2.75) is 0 Å². The van der Waals surface area contributed by atoms with Crippen LogP contribution in [-0.2, 0) is 0 Å². The highest BCUT2D eigenvalue weighted by Gasteiger charge is 2.20. The average Bonchev–Trinajstić information content (AvgIpc) is 3.79. The maximum atomic E-state index is 6.48. The summed E-state index contributed by atoms with van der Waals surface area (Å²) in [7, 11) is 0. The van der Waals surface area contributed by atoms with Crippen molar-refractivity contribution in [1.29, 1.82) is 0 Å². The predicted molar refractivity (Wildman–Crippen MR) is 222 cm³/mol. The van der Waals surface area contributed by atoms with Crippen LogP contribution in [0, 0.1) is 0 Å². The van der Waals surface area contributed by atoms with Crippen LogP contribution < -0.4 is 4.90 Å². The zero-order valence-electron chi connectivity index (χ0n) is 28.7. The first kappa shape index (κ1) is 29.6. The van der Waals surface area contributed by atoms with Crippen molar-refractivity contribution in [2.24, 2.45) is 0 Å². The van der Waals surface area contributed by atoms with E-state index in [9.17, 15) is 0 Å². The molecule has 0 aliphatic heterocycles. The summed E-state index contributed by atoms with van der Waals surface area (Å²) in [5.74, 6) is 0. The molecule has 53 heavy (non-hydrogen) atoms. The first-order chi connectivity index (χ1) is 26.3. The fraction of sp³-hybridized carbons (Fsp3) is 0. The number of furan rings is 2. The molecule has 0 atom stereocenters. The van der Waals surface area contributed by atoms with E-state index < -0.39 is 0 Å². The van der Waals surface area contributed by atoms with Crippen LogP contribution in [0.15, 0.2) is 197 Å². The van der Waals surface area contributed by atoms with Gasteiger partial charge in [-0.25, -0.2) is 0 Å². The number of hydrogen-bond acceptors (Lipinski definition) is 3. The first-order valence-corrected chi connectivity index (χ1v) is 18.0. The summed E-state index contributed by atoms with van der Waals surface area (Å²) in [4.78, 5) is 2.39. The molecule has 0 spiro atoms. The first-order valence-electron chi connectivity index (χ1n) is 18.0. The third-order valence-electron chi connectivity index (χ3n) is 10.6. The lowest BCUT2D eigenvalue weighted by Crippen LogP contribution is -2.10. The van der Waals surface area contributed by atoms with Crippen molar-refractivity contribution < 1.29 is 8.83 Å². The van der Waals surface area contributed by atoms with E-state index in [1.54, 1.807) is 0 Å². The molecule has 0 bridgehead atoms. The lowest BCUT2D eigenvalue weighted by atomic mass is 9.98. The van der Waals surface area contributed by atoms with E-state index in [4.69, 9.17) is 8.83 Å². The fourth-order valence-corrected chi connectivity index (χ4v) is 8.13. The molecule has 3 nitrogen and oxygen atoms in total. The second-order valence-corrected chi connectivity index (χ2v) is 13.7. The molecular formula is C50H31NO2. The Balaban J connectivity index is 1.07. The van der Waals surface area contributed by atoms with Crippen molar-refractivity contribution in [3.63, 3.8) is 0 Å². The Morgan fingerprint density at radius 2 is 0.943 bits per heavy atom. The minimum absolute atomic E-state index is 0.881. The highest BCUT2D eigenvalue weighted by Crippen LogP contribution is 2.44. The zero-order chi connectivity index (χ0) is 34.9. The Kier molecular flexibility index (Phi) is 6.55. The molecule has 0 aliphatic rings. The van der Waals surface area contributed by atoms with Crippen LogP contribution in [-0.4, -0.2) is 0 Å². The maximum absolute atomic E-state index is 6.48. The average molecular weight is 678 g/mol. The van der Waals surface area contributed by atoms with E-state index >= 15 is 0 Å². The van der Waals surface area contributed by atoms with E-state index in [1.807, 2.05) is 18.2 Å². The third kappa shape index (κ3) is 4.75. The largest absolute Gasteiger partial charge is 0.456 e. The minimum atomic E-state index is 0.881. The van der Waals surface area contributed by atoms with Crippen LogP contribution in [0.2, 0.25) is 0 Å². The molecule has 0 unspecified atom stereocenters. The number of fused-ring (bicyclic) bond motifs is 9. The van der Waals surface area contributed by atoms with Gasteiger partial charge in [0, 0.05) is 43.9 Å². The molecule has 0 N–H and O–H groups in total. The third-order valence-corrected chi connectivity index (χ3v) is 10.6. The van der Waals surface area contributed by atoms with Crippen molar-refractivity contribution in [3.8, 4) is 22.3 Å². The molecule has 2 aromatic heterocycles. The van der Waals surface area contributed by atoms with Crippen LogP contribution in [0.4, 0.5) is 17.1 Å². The van der Waals surface area contributed by atoms with Crippen molar-refractivity contribution in [1.82, 2.24) is 0 Å². The van der Waals surface area contributed by atoms with Gasteiger partial charge in [0.1, 0.15) is 22.3 Å². The Labute approximate surface area is 305 Å². The van der Waals surface area contributed by atoms with Crippen LogP contribution in [0.25, 0.3) is 87.7 Å². The number of rotatable bonds is 5. The van der Waals surface area contributed by atoms with Gasteiger partial charge in [-0.2, -0.15) is 0 Å². The lowest BCUT2D eigenvalue weighted by Gasteiger charge is -2.28. The van der Waals surface area contributed by atoms with Crippen LogP contribution in [0.1, 0.15) is 0 Å². The molecule has 0 amide bonds. The number of benzene rings is 9. The summed E-state index contributed by atoms with van der Waals surface area (Å²) in [6.45, 7) is 0.